The molecule has 0 spiro atoms. The Morgan fingerprint density at radius 2 is 1.74 bits per heavy atom. The summed E-state index contributed by atoms with van der Waals surface area (Å²) >= 11 is 12.2. The largest absolute Gasteiger partial charge is 0.507 e. The van der Waals surface area contributed by atoms with Gasteiger partial charge in [-0.1, -0.05) is 29.3 Å². The number of Topliss-reactive ketones (excluding diaryl/α,β-unsaturated/α-hetero) is 1. The Hall–Kier alpha value is -2.43. The van der Waals surface area contributed by atoms with Gasteiger partial charge in [0.05, 0.1) is 26.6 Å². The van der Waals surface area contributed by atoms with Gasteiger partial charge in [-0.25, -0.2) is 12.7 Å². The van der Waals surface area contributed by atoms with Crippen LogP contribution in [0.4, 0.5) is 0 Å². The number of sulfonamides is 1. The van der Waals surface area contributed by atoms with Gasteiger partial charge in [0, 0.05) is 39.9 Å². The van der Waals surface area contributed by atoms with Crippen molar-refractivity contribution in [2.45, 2.75) is 17.4 Å². The van der Waals surface area contributed by atoms with E-state index < -0.39 is 33.5 Å². The van der Waals surface area contributed by atoms with Crippen molar-refractivity contribution >= 4 is 50.7 Å². The molecular formula is C23H24Cl2N2O6S. The summed E-state index contributed by atoms with van der Waals surface area (Å²) in [5.41, 5.74) is 0.570. The van der Waals surface area contributed by atoms with Crippen LogP contribution >= 0.6 is 23.2 Å². The van der Waals surface area contributed by atoms with E-state index in [0.29, 0.717) is 23.6 Å². The number of ketones is 1. The number of halogens is 2. The molecule has 0 radical (unpaired) electrons. The number of aliphatic hydroxyl groups is 1. The number of benzene rings is 2. The molecule has 11 heteroatoms. The van der Waals surface area contributed by atoms with Gasteiger partial charge in [0.15, 0.2) is 0 Å². The maximum absolute atomic E-state index is 13.0. The van der Waals surface area contributed by atoms with Crippen LogP contribution in [0, 0.1) is 0 Å². The number of ether oxygens (including phenoxy) is 1. The average molecular weight is 527 g/mol. The first-order valence-electron chi connectivity index (χ1n) is 10.3. The third-order valence-electron chi connectivity index (χ3n) is 5.45. The van der Waals surface area contributed by atoms with E-state index >= 15 is 0 Å². The Labute approximate surface area is 208 Å². The molecule has 1 saturated heterocycles. The molecule has 1 fully saturated rings. The monoisotopic (exact) mass is 526 g/mol. The predicted molar refractivity (Wildman–Crippen MR) is 129 cm³/mol. The van der Waals surface area contributed by atoms with Crippen LogP contribution < -0.4 is 0 Å². The average Bonchev–Trinajstić information content (AvgIpc) is 3.05. The first-order chi connectivity index (χ1) is 16.0. The van der Waals surface area contributed by atoms with E-state index in [2.05, 4.69) is 0 Å². The quantitative estimate of drug-likeness (QED) is 0.243. The van der Waals surface area contributed by atoms with Gasteiger partial charge in [-0.2, -0.15) is 0 Å². The smallest absolute Gasteiger partial charge is 0.295 e. The highest BCUT2D eigenvalue weighted by molar-refractivity contribution is 7.89. The molecule has 1 unspecified atom stereocenters. The van der Waals surface area contributed by atoms with Gasteiger partial charge in [0.1, 0.15) is 5.76 Å². The fourth-order valence-electron chi connectivity index (χ4n) is 3.67. The molecule has 0 aromatic heterocycles. The number of carbonyl (C=O) groups is 2. The van der Waals surface area contributed by atoms with Crippen LogP contribution in [0.3, 0.4) is 0 Å². The number of hydrogen-bond donors (Lipinski definition) is 1. The number of methoxy groups -OCH3 is 1. The second-order valence-electron chi connectivity index (χ2n) is 7.82. The lowest BCUT2D eigenvalue weighted by Crippen LogP contribution is -2.31. The normalized spacial score (nSPS) is 18.2. The summed E-state index contributed by atoms with van der Waals surface area (Å²) in [4.78, 5) is 27.3. The summed E-state index contributed by atoms with van der Waals surface area (Å²) in [5, 5.41) is 11.6. The summed E-state index contributed by atoms with van der Waals surface area (Å²) in [5.74, 6) is -2.03. The van der Waals surface area contributed by atoms with E-state index in [1.807, 2.05) is 0 Å². The number of likely N-dealkylation sites (tertiary alicyclic amines) is 1. The number of nitrogens with zero attached hydrogens (tertiary/aromatic N) is 2. The standard InChI is InChI=1S/C23H24Cl2N2O6S/c1-26(2)34(31,32)16-8-5-14(6-9-16)21(28)19-20(15-7-10-17(24)18(25)13-15)27(11-4-12-33-3)23(30)22(19)29/h5-10,13,20,28H,4,11-12H2,1-3H3/b21-19-. The number of carbonyl (C=O) groups excluding carboxylic acids is 2. The van der Waals surface area contributed by atoms with E-state index in [1.165, 1.54) is 50.4 Å². The fraction of sp³-hybridized carbons (Fsp3) is 0.304. The third-order valence-corrected chi connectivity index (χ3v) is 8.02. The van der Waals surface area contributed by atoms with Crippen LogP contribution in [0.15, 0.2) is 52.9 Å². The molecule has 1 atom stereocenters. The molecule has 182 valence electrons. The van der Waals surface area contributed by atoms with E-state index in [1.54, 1.807) is 18.2 Å². The Kier molecular flexibility index (Phi) is 8.05. The highest BCUT2D eigenvalue weighted by Crippen LogP contribution is 2.41. The molecule has 3 rings (SSSR count). The summed E-state index contributed by atoms with van der Waals surface area (Å²) in [7, 11) is 0.674. The van der Waals surface area contributed by atoms with E-state index in [4.69, 9.17) is 27.9 Å². The Bertz CT molecular complexity index is 1240. The maximum Gasteiger partial charge on any atom is 0.295 e. The van der Waals surface area contributed by atoms with Crippen LogP contribution in [0.2, 0.25) is 10.0 Å². The second-order valence-corrected chi connectivity index (χ2v) is 10.8. The lowest BCUT2D eigenvalue weighted by atomic mass is 9.95. The minimum absolute atomic E-state index is 0.0232. The van der Waals surface area contributed by atoms with Crippen molar-refractivity contribution in [3.05, 3.63) is 69.2 Å². The minimum Gasteiger partial charge on any atom is -0.507 e. The van der Waals surface area contributed by atoms with Crippen molar-refractivity contribution in [3.8, 4) is 0 Å². The van der Waals surface area contributed by atoms with Gasteiger partial charge in [0.25, 0.3) is 11.7 Å². The highest BCUT2D eigenvalue weighted by atomic mass is 35.5. The number of amides is 1. The van der Waals surface area contributed by atoms with Gasteiger partial charge < -0.3 is 14.7 Å². The fourth-order valence-corrected chi connectivity index (χ4v) is 4.88. The van der Waals surface area contributed by atoms with Crippen LogP contribution in [0.25, 0.3) is 5.76 Å². The van der Waals surface area contributed by atoms with E-state index in [0.717, 1.165) is 4.31 Å². The first-order valence-corrected chi connectivity index (χ1v) is 12.5. The highest BCUT2D eigenvalue weighted by Gasteiger charge is 2.46. The van der Waals surface area contributed by atoms with Crippen molar-refractivity contribution < 1.29 is 27.9 Å². The molecule has 1 aliphatic heterocycles. The zero-order valence-electron chi connectivity index (χ0n) is 18.8. The molecule has 34 heavy (non-hydrogen) atoms. The molecule has 2 aromatic carbocycles. The van der Waals surface area contributed by atoms with Gasteiger partial charge >= 0.3 is 0 Å². The van der Waals surface area contributed by atoms with Crippen molar-refractivity contribution in [2.75, 3.05) is 34.4 Å². The van der Waals surface area contributed by atoms with Gasteiger partial charge in [0.2, 0.25) is 10.0 Å². The lowest BCUT2D eigenvalue weighted by molar-refractivity contribution is -0.140. The Balaban J connectivity index is 2.12. The topological polar surface area (TPSA) is 104 Å². The summed E-state index contributed by atoms with van der Waals surface area (Å²) in [6.45, 7) is 0.582. The second kappa shape index (κ2) is 10.5. The molecule has 1 aliphatic rings. The zero-order valence-corrected chi connectivity index (χ0v) is 21.1. The number of aliphatic hydroxyl groups excluding tert-OH is 1. The van der Waals surface area contributed by atoms with E-state index in [-0.39, 0.29) is 27.6 Å². The molecule has 8 nitrogen and oxygen atoms in total. The molecule has 0 bridgehead atoms. The molecule has 0 saturated carbocycles. The first kappa shape index (κ1) is 26.2. The predicted octanol–water partition coefficient (Wildman–Crippen LogP) is 3.70. The van der Waals surface area contributed by atoms with Crippen LogP contribution in [-0.4, -0.2) is 68.8 Å². The molecule has 1 heterocycles. The van der Waals surface area contributed by atoms with Gasteiger partial charge in [-0.3, -0.25) is 9.59 Å². The van der Waals surface area contributed by atoms with Crippen molar-refractivity contribution in [2.24, 2.45) is 0 Å². The molecule has 0 aliphatic carbocycles. The SMILES string of the molecule is COCCCN1C(=O)C(=O)/C(=C(\O)c2ccc(S(=O)(=O)N(C)C)cc2)C1c1ccc(Cl)c(Cl)c1. The molecule has 1 amide bonds. The van der Waals surface area contributed by atoms with Crippen molar-refractivity contribution in [1.82, 2.24) is 9.21 Å². The molecule has 2 aromatic rings. The minimum atomic E-state index is -3.67. The summed E-state index contributed by atoms with van der Waals surface area (Å²) in [6, 6.07) is 9.25. The van der Waals surface area contributed by atoms with E-state index in [9.17, 15) is 23.1 Å². The van der Waals surface area contributed by atoms with Gasteiger partial charge in [-0.15, -0.1) is 0 Å². The van der Waals surface area contributed by atoms with Crippen LogP contribution in [0.1, 0.15) is 23.6 Å². The van der Waals surface area contributed by atoms with Gasteiger partial charge in [-0.05, 0) is 48.4 Å². The molecule has 1 N–H and O–H groups in total. The summed E-state index contributed by atoms with van der Waals surface area (Å²) < 4.78 is 30.8. The van der Waals surface area contributed by atoms with Crippen LogP contribution in [0.5, 0.6) is 0 Å². The van der Waals surface area contributed by atoms with Crippen molar-refractivity contribution in [1.29, 1.82) is 0 Å². The maximum atomic E-state index is 13.0. The number of rotatable bonds is 8. The number of hydrogen-bond acceptors (Lipinski definition) is 6. The van der Waals surface area contributed by atoms with Crippen molar-refractivity contribution in [3.63, 3.8) is 0 Å². The zero-order chi connectivity index (χ0) is 25.2. The Morgan fingerprint density at radius 3 is 2.29 bits per heavy atom. The summed E-state index contributed by atoms with van der Waals surface area (Å²) in [6.07, 6.45) is 0.471. The third kappa shape index (κ3) is 4.99. The lowest BCUT2D eigenvalue weighted by Gasteiger charge is -2.25. The molecular weight excluding hydrogens is 503 g/mol. The Morgan fingerprint density at radius 1 is 1.09 bits per heavy atom. The van der Waals surface area contributed by atoms with Crippen LogP contribution in [-0.2, 0) is 24.3 Å².